The van der Waals surface area contributed by atoms with Crippen molar-refractivity contribution in [3.8, 4) is 0 Å². The minimum absolute atomic E-state index is 0.0691. The van der Waals surface area contributed by atoms with Crippen molar-refractivity contribution in [1.82, 2.24) is 15.2 Å². The van der Waals surface area contributed by atoms with Gasteiger partial charge in [-0.1, -0.05) is 43.2 Å². The molecule has 0 spiro atoms. The van der Waals surface area contributed by atoms with Gasteiger partial charge >= 0.3 is 0 Å². The summed E-state index contributed by atoms with van der Waals surface area (Å²) in [5.41, 5.74) is 1.49. The fourth-order valence-corrected chi connectivity index (χ4v) is 4.34. The summed E-state index contributed by atoms with van der Waals surface area (Å²) >= 11 is 1.55. The molecule has 0 bridgehead atoms. The molecule has 0 saturated carbocycles. The molecular weight excluding hydrogens is 342 g/mol. The summed E-state index contributed by atoms with van der Waals surface area (Å²) in [7, 11) is 0. The number of hydrogen-bond acceptors (Lipinski definition) is 4. The SMILES string of the molecule is CC(C)(CN1CCCCCC1)NC(=O)c1csc(Cc2ccccc2)n1. The van der Waals surface area contributed by atoms with E-state index in [1.807, 2.05) is 23.6 Å². The van der Waals surface area contributed by atoms with Crippen LogP contribution in [0.4, 0.5) is 0 Å². The molecule has 4 nitrogen and oxygen atoms in total. The first-order chi connectivity index (χ1) is 12.5. The highest BCUT2D eigenvalue weighted by atomic mass is 32.1. The van der Waals surface area contributed by atoms with E-state index in [1.165, 1.54) is 31.2 Å². The molecule has 2 aromatic rings. The lowest BCUT2D eigenvalue weighted by Gasteiger charge is -2.32. The number of amides is 1. The predicted octanol–water partition coefficient (Wildman–Crippen LogP) is 4.12. The molecule has 1 aromatic heterocycles. The van der Waals surface area contributed by atoms with Gasteiger partial charge in [0.25, 0.3) is 5.91 Å². The first-order valence-corrected chi connectivity index (χ1v) is 10.4. The summed E-state index contributed by atoms with van der Waals surface area (Å²) in [6.07, 6.45) is 5.95. The second-order valence-electron chi connectivity index (χ2n) is 7.82. The second-order valence-corrected chi connectivity index (χ2v) is 8.76. The Labute approximate surface area is 160 Å². The number of carbonyl (C=O) groups excluding carboxylic acids is 1. The molecule has 3 rings (SSSR count). The molecule has 1 aromatic carbocycles. The Hall–Kier alpha value is -1.72. The van der Waals surface area contributed by atoms with Gasteiger partial charge in [-0.05, 0) is 45.3 Å². The number of thiazole rings is 1. The molecule has 1 aliphatic heterocycles. The maximum atomic E-state index is 12.7. The topological polar surface area (TPSA) is 45.2 Å². The van der Waals surface area contributed by atoms with E-state index in [2.05, 4.69) is 41.2 Å². The van der Waals surface area contributed by atoms with Crippen LogP contribution >= 0.6 is 11.3 Å². The number of benzene rings is 1. The molecule has 0 radical (unpaired) electrons. The van der Waals surface area contributed by atoms with Crippen LogP contribution in [-0.4, -0.2) is 41.0 Å². The van der Waals surface area contributed by atoms with Crippen LogP contribution in [0.1, 0.15) is 60.6 Å². The van der Waals surface area contributed by atoms with E-state index in [4.69, 9.17) is 0 Å². The zero-order chi connectivity index (χ0) is 18.4. The molecule has 140 valence electrons. The normalized spacial score (nSPS) is 16.2. The van der Waals surface area contributed by atoms with Gasteiger partial charge in [0.15, 0.2) is 0 Å². The van der Waals surface area contributed by atoms with Crippen LogP contribution in [0.3, 0.4) is 0 Å². The fourth-order valence-electron chi connectivity index (χ4n) is 3.53. The Balaban J connectivity index is 1.56. The second kappa shape index (κ2) is 8.78. The molecule has 26 heavy (non-hydrogen) atoms. The number of aromatic nitrogens is 1. The summed E-state index contributed by atoms with van der Waals surface area (Å²) in [5.74, 6) is -0.0691. The van der Waals surface area contributed by atoms with Crippen LogP contribution in [-0.2, 0) is 6.42 Å². The molecule has 5 heteroatoms. The van der Waals surface area contributed by atoms with Gasteiger partial charge in [-0.25, -0.2) is 4.98 Å². The maximum absolute atomic E-state index is 12.7. The van der Waals surface area contributed by atoms with Gasteiger partial charge in [0.2, 0.25) is 0 Å². The number of hydrogen-bond donors (Lipinski definition) is 1. The van der Waals surface area contributed by atoms with Crippen molar-refractivity contribution < 1.29 is 4.79 Å². The number of carbonyl (C=O) groups is 1. The molecule has 0 aliphatic carbocycles. The fraction of sp³-hybridized carbons (Fsp3) is 0.524. The van der Waals surface area contributed by atoms with E-state index in [0.29, 0.717) is 5.69 Å². The third-order valence-corrected chi connectivity index (χ3v) is 5.60. The molecule has 1 fully saturated rings. The molecule has 1 N–H and O–H groups in total. The van der Waals surface area contributed by atoms with Gasteiger partial charge in [0.05, 0.1) is 5.01 Å². The largest absolute Gasteiger partial charge is 0.345 e. The van der Waals surface area contributed by atoms with E-state index >= 15 is 0 Å². The minimum Gasteiger partial charge on any atom is -0.345 e. The average molecular weight is 372 g/mol. The summed E-state index contributed by atoms with van der Waals surface area (Å²) in [5, 5.41) is 6.03. The summed E-state index contributed by atoms with van der Waals surface area (Å²) in [6, 6.07) is 10.2. The first-order valence-electron chi connectivity index (χ1n) is 9.55. The molecule has 0 atom stereocenters. The van der Waals surface area contributed by atoms with Crippen LogP contribution in [0, 0.1) is 0 Å². The Bertz CT molecular complexity index is 703. The van der Waals surface area contributed by atoms with E-state index in [0.717, 1.165) is 31.1 Å². The standard InChI is InChI=1S/C21H29N3OS/c1-21(2,16-24-12-8-3-4-9-13-24)23-20(25)18-15-26-19(22-18)14-17-10-6-5-7-11-17/h5-7,10-11,15H,3-4,8-9,12-14,16H2,1-2H3,(H,23,25). The van der Waals surface area contributed by atoms with Crippen LogP contribution in [0.15, 0.2) is 35.7 Å². The molecule has 2 heterocycles. The van der Waals surface area contributed by atoms with E-state index in [-0.39, 0.29) is 11.4 Å². The van der Waals surface area contributed by atoms with Crippen molar-refractivity contribution >= 4 is 17.2 Å². The lowest BCUT2D eigenvalue weighted by molar-refractivity contribution is 0.0883. The van der Waals surface area contributed by atoms with Crippen molar-refractivity contribution in [1.29, 1.82) is 0 Å². The Morgan fingerprint density at radius 3 is 2.54 bits per heavy atom. The summed E-state index contributed by atoms with van der Waals surface area (Å²) in [6.45, 7) is 7.37. The van der Waals surface area contributed by atoms with E-state index in [9.17, 15) is 4.79 Å². The maximum Gasteiger partial charge on any atom is 0.271 e. The van der Waals surface area contributed by atoms with E-state index < -0.39 is 0 Å². The van der Waals surface area contributed by atoms with Crippen molar-refractivity contribution in [2.24, 2.45) is 0 Å². The number of nitrogens with zero attached hydrogens (tertiary/aromatic N) is 2. The highest BCUT2D eigenvalue weighted by Crippen LogP contribution is 2.17. The van der Waals surface area contributed by atoms with Crippen molar-refractivity contribution in [2.45, 2.75) is 51.5 Å². The molecule has 1 aliphatic rings. The average Bonchev–Trinajstić information content (AvgIpc) is 2.92. The van der Waals surface area contributed by atoms with Gasteiger partial charge in [0.1, 0.15) is 5.69 Å². The highest BCUT2D eigenvalue weighted by Gasteiger charge is 2.25. The van der Waals surface area contributed by atoms with Crippen molar-refractivity contribution in [3.05, 3.63) is 52.0 Å². The molecular formula is C21H29N3OS. The van der Waals surface area contributed by atoms with Crippen molar-refractivity contribution in [3.63, 3.8) is 0 Å². The van der Waals surface area contributed by atoms with Crippen LogP contribution in [0.5, 0.6) is 0 Å². The minimum atomic E-state index is -0.259. The number of rotatable bonds is 6. The summed E-state index contributed by atoms with van der Waals surface area (Å²) < 4.78 is 0. The van der Waals surface area contributed by atoms with Gasteiger partial charge in [0, 0.05) is 23.9 Å². The predicted molar refractivity (Wildman–Crippen MR) is 108 cm³/mol. The highest BCUT2D eigenvalue weighted by molar-refractivity contribution is 7.09. The van der Waals surface area contributed by atoms with Gasteiger partial charge < -0.3 is 10.2 Å². The van der Waals surface area contributed by atoms with Crippen molar-refractivity contribution in [2.75, 3.05) is 19.6 Å². The van der Waals surface area contributed by atoms with Gasteiger partial charge in [-0.2, -0.15) is 0 Å². The third kappa shape index (κ3) is 5.64. The number of nitrogens with one attached hydrogen (secondary N) is 1. The Morgan fingerprint density at radius 2 is 1.85 bits per heavy atom. The van der Waals surface area contributed by atoms with Gasteiger partial charge in [-0.15, -0.1) is 11.3 Å². The van der Waals surface area contributed by atoms with Crippen LogP contribution in [0.2, 0.25) is 0 Å². The summed E-state index contributed by atoms with van der Waals surface area (Å²) in [4.78, 5) is 19.7. The number of likely N-dealkylation sites (tertiary alicyclic amines) is 1. The monoisotopic (exact) mass is 371 g/mol. The smallest absolute Gasteiger partial charge is 0.271 e. The zero-order valence-electron chi connectivity index (χ0n) is 15.8. The zero-order valence-corrected chi connectivity index (χ0v) is 16.6. The quantitative estimate of drug-likeness (QED) is 0.831. The lowest BCUT2D eigenvalue weighted by Crippen LogP contribution is -2.51. The molecule has 1 amide bonds. The van der Waals surface area contributed by atoms with Crippen LogP contribution in [0.25, 0.3) is 0 Å². The molecule has 1 saturated heterocycles. The van der Waals surface area contributed by atoms with Crippen LogP contribution < -0.4 is 5.32 Å². The lowest BCUT2D eigenvalue weighted by atomic mass is 10.0. The third-order valence-electron chi connectivity index (χ3n) is 4.75. The Kier molecular flexibility index (Phi) is 6.43. The first kappa shape index (κ1) is 19.1. The Morgan fingerprint density at radius 1 is 1.15 bits per heavy atom. The molecule has 0 unspecified atom stereocenters. The van der Waals surface area contributed by atoms with E-state index in [1.54, 1.807) is 11.3 Å². The van der Waals surface area contributed by atoms with Gasteiger partial charge in [-0.3, -0.25) is 4.79 Å².